The Morgan fingerprint density at radius 3 is 2.50 bits per heavy atom. The quantitative estimate of drug-likeness (QED) is 0.548. The number of nitrogens with one attached hydrogen (secondary N) is 3. The topological polar surface area (TPSA) is 107 Å². The SMILES string of the molecule is CC(C)C(NC(=O)CC1NC(=O)N(c2ccccc2)C1=O)c1nc2ccccc2[nH]1. The van der Waals surface area contributed by atoms with Crippen LogP contribution in [-0.4, -0.2) is 33.9 Å². The highest BCUT2D eigenvalue weighted by atomic mass is 16.2. The van der Waals surface area contributed by atoms with E-state index in [1.54, 1.807) is 30.3 Å². The zero-order valence-electron chi connectivity index (χ0n) is 16.8. The number of anilines is 1. The summed E-state index contributed by atoms with van der Waals surface area (Å²) < 4.78 is 0. The first kappa shape index (κ1) is 19.6. The highest BCUT2D eigenvalue weighted by molar-refractivity contribution is 6.22. The number of rotatable bonds is 6. The summed E-state index contributed by atoms with van der Waals surface area (Å²) in [7, 11) is 0. The van der Waals surface area contributed by atoms with Crippen LogP contribution in [0.1, 0.15) is 32.1 Å². The molecule has 4 rings (SSSR count). The molecule has 1 aromatic heterocycles. The van der Waals surface area contributed by atoms with Crippen LogP contribution in [0.15, 0.2) is 54.6 Å². The third-order valence-electron chi connectivity index (χ3n) is 5.11. The predicted octanol–water partition coefficient (Wildman–Crippen LogP) is 2.89. The van der Waals surface area contributed by atoms with Gasteiger partial charge in [-0.05, 0) is 30.2 Å². The monoisotopic (exact) mass is 405 g/mol. The van der Waals surface area contributed by atoms with Crippen molar-refractivity contribution in [1.29, 1.82) is 0 Å². The van der Waals surface area contributed by atoms with Crippen molar-refractivity contribution >= 4 is 34.6 Å². The average molecular weight is 405 g/mol. The second-order valence-electron chi connectivity index (χ2n) is 7.64. The maximum atomic E-state index is 12.7. The third-order valence-corrected chi connectivity index (χ3v) is 5.11. The van der Waals surface area contributed by atoms with E-state index in [0.29, 0.717) is 11.5 Å². The summed E-state index contributed by atoms with van der Waals surface area (Å²) in [6.45, 7) is 3.97. The van der Waals surface area contributed by atoms with Crippen molar-refractivity contribution in [3.63, 3.8) is 0 Å². The Morgan fingerprint density at radius 2 is 1.80 bits per heavy atom. The summed E-state index contributed by atoms with van der Waals surface area (Å²) in [4.78, 5) is 46.6. The number of para-hydroxylation sites is 3. The van der Waals surface area contributed by atoms with E-state index in [1.165, 1.54) is 0 Å². The van der Waals surface area contributed by atoms with E-state index in [2.05, 4.69) is 20.6 Å². The Morgan fingerprint density at radius 1 is 1.10 bits per heavy atom. The Balaban J connectivity index is 1.46. The number of nitrogens with zero attached hydrogens (tertiary/aromatic N) is 2. The van der Waals surface area contributed by atoms with Gasteiger partial charge in [-0.3, -0.25) is 9.59 Å². The second-order valence-corrected chi connectivity index (χ2v) is 7.64. The van der Waals surface area contributed by atoms with Crippen LogP contribution in [0.5, 0.6) is 0 Å². The molecule has 0 radical (unpaired) electrons. The smallest absolute Gasteiger partial charge is 0.329 e. The zero-order valence-corrected chi connectivity index (χ0v) is 16.8. The van der Waals surface area contributed by atoms with Crippen molar-refractivity contribution in [3.8, 4) is 0 Å². The molecule has 154 valence electrons. The number of carbonyl (C=O) groups is 3. The number of imide groups is 1. The fourth-order valence-corrected chi connectivity index (χ4v) is 3.58. The number of benzene rings is 2. The van der Waals surface area contributed by atoms with E-state index >= 15 is 0 Å². The van der Waals surface area contributed by atoms with Gasteiger partial charge < -0.3 is 15.6 Å². The number of aromatic amines is 1. The molecular formula is C22H23N5O3. The highest BCUT2D eigenvalue weighted by Crippen LogP contribution is 2.23. The molecule has 1 fully saturated rings. The number of urea groups is 1. The summed E-state index contributed by atoms with van der Waals surface area (Å²) in [5.41, 5.74) is 2.19. The zero-order chi connectivity index (χ0) is 21.3. The molecule has 4 amide bonds. The van der Waals surface area contributed by atoms with Crippen LogP contribution in [0.4, 0.5) is 10.5 Å². The van der Waals surface area contributed by atoms with E-state index < -0.39 is 18.0 Å². The van der Waals surface area contributed by atoms with Gasteiger partial charge in [-0.25, -0.2) is 14.7 Å². The van der Waals surface area contributed by atoms with Crippen LogP contribution in [0, 0.1) is 5.92 Å². The average Bonchev–Trinajstić information content (AvgIpc) is 3.27. The molecule has 2 aromatic carbocycles. The molecule has 0 bridgehead atoms. The Labute approximate surface area is 173 Å². The van der Waals surface area contributed by atoms with E-state index in [-0.39, 0.29) is 24.3 Å². The van der Waals surface area contributed by atoms with Gasteiger partial charge >= 0.3 is 6.03 Å². The summed E-state index contributed by atoms with van der Waals surface area (Å²) in [6.07, 6.45) is -0.142. The lowest BCUT2D eigenvalue weighted by Crippen LogP contribution is -2.39. The molecule has 30 heavy (non-hydrogen) atoms. The Hall–Kier alpha value is -3.68. The number of hydrogen-bond acceptors (Lipinski definition) is 4. The molecule has 8 heteroatoms. The molecule has 8 nitrogen and oxygen atoms in total. The van der Waals surface area contributed by atoms with Gasteiger partial charge in [0.25, 0.3) is 5.91 Å². The largest absolute Gasteiger partial charge is 0.346 e. The van der Waals surface area contributed by atoms with Gasteiger partial charge in [0, 0.05) is 0 Å². The molecule has 0 aliphatic carbocycles. The normalized spacial score (nSPS) is 17.4. The van der Waals surface area contributed by atoms with Gasteiger partial charge in [0.1, 0.15) is 11.9 Å². The molecule has 0 spiro atoms. The Kier molecular flexibility index (Phi) is 5.22. The van der Waals surface area contributed by atoms with Crippen LogP contribution in [0.3, 0.4) is 0 Å². The Bertz CT molecular complexity index is 1060. The molecule has 3 N–H and O–H groups in total. The summed E-state index contributed by atoms with van der Waals surface area (Å²) in [5, 5.41) is 5.56. The van der Waals surface area contributed by atoms with Gasteiger partial charge in [0.05, 0.1) is 29.2 Å². The van der Waals surface area contributed by atoms with Crippen molar-refractivity contribution in [3.05, 3.63) is 60.4 Å². The number of amides is 4. The lowest BCUT2D eigenvalue weighted by atomic mass is 10.0. The number of fused-ring (bicyclic) bond motifs is 1. The fraction of sp³-hybridized carbons (Fsp3) is 0.273. The van der Waals surface area contributed by atoms with Crippen LogP contribution < -0.4 is 15.5 Å². The number of carbonyl (C=O) groups excluding carboxylic acids is 3. The fourth-order valence-electron chi connectivity index (χ4n) is 3.58. The van der Waals surface area contributed by atoms with E-state index in [4.69, 9.17) is 0 Å². The molecule has 1 aliphatic rings. The van der Waals surface area contributed by atoms with Crippen LogP contribution in [0.2, 0.25) is 0 Å². The first-order valence-corrected chi connectivity index (χ1v) is 9.87. The molecule has 0 saturated carbocycles. The summed E-state index contributed by atoms with van der Waals surface area (Å²) in [5.74, 6) is -0.0367. The maximum absolute atomic E-state index is 12.7. The molecule has 2 heterocycles. The van der Waals surface area contributed by atoms with Crippen LogP contribution in [-0.2, 0) is 9.59 Å². The lowest BCUT2D eigenvalue weighted by Gasteiger charge is -2.21. The second kappa shape index (κ2) is 7.98. The minimum absolute atomic E-state index is 0.0733. The minimum Gasteiger partial charge on any atom is -0.346 e. The van der Waals surface area contributed by atoms with Crippen molar-refractivity contribution in [2.75, 3.05) is 4.90 Å². The summed E-state index contributed by atoms with van der Waals surface area (Å²) >= 11 is 0. The van der Waals surface area contributed by atoms with Crippen molar-refractivity contribution < 1.29 is 14.4 Å². The molecule has 1 saturated heterocycles. The first-order valence-electron chi connectivity index (χ1n) is 9.87. The van der Waals surface area contributed by atoms with Gasteiger partial charge in [-0.1, -0.05) is 44.2 Å². The lowest BCUT2D eigenvalue weighted by molar-refractivity contribution is -0.126. The maximum Gasteiger partial charge on any atom is 0.329 e. The molecule has 3 aromatic rings. The van der Waals surface area contributed by atoms with E-state index in [1.807, 2.05) is 38.1 Å². The van der Waals surface area contributed by atoms with Crippen molar-refractivity contribution in [2.24, 2.45) is 5.92 Å². The van der Waals surface area contributed by atoms with Crippen LogP contribution >= 0.6 is 0 Å². The van der Waals surface area contributed by atoms with Crippen molar-refractivity contribution in [1.82, 2.24) is 20.6 Å². The van der Waals surface area contributed by atoms with E-state index in [9.17, 15) is 14.4 Å². The highest BCUT2D eigenvalue weighted by Gasteiger charge is 2.40. The predicted molar refractivity (Wildman–Crippen MR) is 113 cm³/mol. The van der Waals surface area contributed by atoms with Crippen molar-refractivity contribution in [2.45, 2.75) is 32.4 Å². The van der Waals surface area contributed by atoms with Gasteiger partial charge in [-0.15, -0.1) is 0 Å². The molecule has 1 aliphatic heterocycles. The number of aromatic nitrogens is 2. The number of imidazole rings is 1. The molecule has 2 unspecified atom stereocenters. The molecule has 2 atom stereocenters. The standard InChI is InChI=1S/C22H23N5O3/c1-13(2)19(20-23-15-10-6-7-11-16(15)24-20)26-18(28)12-17-21(29)27(22(30)25-17)14-8-4-3-5-9-14/h3-11,13,17,19H,12H2,1-2H3,(H,23,24)(H,25,30)(H,26,28). The third kappa shape index (κ3) is 3.76. The van der Waals surface area contributed by atoms with Crippen LogP contribution in [0.25, 0.3) is 11.0 Å². The summed E-state index contributed by atoms with van der Waals surface area (Å²) in [6, 6.07) is 14.5. The van der Waals surface area contributed by atoms with E-state index in [0.717, 1.165) is 15.9 Å². The van der Waals surface area contributed by atoms with Gasteiger partial charge in [0.15, 0.2) is 0 Å². The van der Waals surface area contributed by atoms with Gasteiger partial charge in [0.2, 0.25) is 5.91 Å². The first-order chi connectivity index (χ1) is 14.4. The minimum atomic E-state index is -0.902. The molecular weight excluding hydrogens is 382 g/mol. The van der Waals surface area contributed by atoms with Gasteiger partial charge in [-0.2, -0.15) is 0 Å². The number of hydrogen-bond donors (Lipinski definition) is 3. The number of H-pyrrole nitrogens is 1.